The molecule has 1 aliphatic rings. The van der Waals surface area contributed by atoms with Gasteiger partial charge in [0.05, 0.1) is 0 Å². The molecule has 1 aromatic carbocycles. The molecule has 0 spiro atoms. The molecule has 1 saturated carbocycles. The van der Waals surface area contributed by atoms with Crippen LogP contribution in [0.5, 0.6) is 0 Å². The molecule has 1 aromatic rings. The maximum absolute atomic E-state index is 13.2. The minimum atomic E-state index is -2.42. The number of hydrogen-bond donors (Lipinski definition) is 1. The second kappa shape index (κ2) is 5.79. The van der Waals surface area contributed by atoms with Crippen LogP contribution in [-0.2, 0) is 6.42 Å². The van der Waals surface area contributed by atoms with E-state index in [1.807, 2.05) is 25.2 Å². The molecule has 1 fully saturated rings. The van der Waals surface area contributed by atoms with Crippen LogP contribution in [0, 0.1) is 5.92 Å². The highest BCUT2D eigenvalue weighted by Crippen LogP contribution is 2.40. The molecule has 100 valence electrons. The predicted molar refractivity (Wildman–Crippen MR) is 69.9 cm³/mol. The lowest BCUT2D eigenvalue weighted by Crippen LogP contribution is -2.30. The highest BCUT2D eigenvalue weighted by atomic mass is 19.3. The van der Waals surface area contributed by atoms with Crippen LogP contribution < -0.4 is 5.32 Å². The Hall–Kier alpha value is -0.960. The van der Waals surface area contributed by atoms with Gasteiger partial charge in [-0.25, -0.2) is 8.78 Å². The third-order valence-electron chi connectivity index (χ3n) is 3.86. The first kappa shape index (κ1) is 13.5. The molecule has 1 N–H and O–H groups in total. The van der Waals surface area contributed by atoms with Crippen molar-refractivity contribution in [3.63, 3.8) is 0 Å². The van der Waals surface area contributed by atoms with Crippen molar-refractivity contribution in [3.05, 3.63) is 35.9 Å². The summed E-state index contributed by atoms with van der Waals surface area (Å²) in [5.41, 5.74) is 1.27. The molecular weight excluding hydrogens is 232 g/mol. The van der Waals surface area contributed by atoms with Crippen molar-refractivity contribution < 1.29 is 8.78 Å². The summed E-state index contributed by atoms with van der Waals surface area (Å²) in [6.45, 7) is 0. The molecule has 0 aromatic heterocycles. The number of benzene rings is 1. The number of likely N-dealkylation sites (N-methyl/N-ethyl adjacent to an activating group) is 1. The van der Waals surface area contributed by atoms with E-state index in [1.165, 1.54) is 5.56 Å². The summed E-state index contributed by atoms with van der Waals surface area (Å²) in [4.78, 5) is 0. The van der Waals surface area contributed by atoms with E-state index in [9.17, 15) is 8.78 Å². The molecule has 0 radical (unpaired) electrons. The molecule has 2 unspecified atom stereocenters. The van der Waals surface area contributed by atoms with E-state index in [-0.39, 0.29) is 18.8 Å². The average Bonchev–Trinajstić information content (AvgIpc) is 2.69. The normalized spacial score (nSPS) is 24.1. The molecule has 18 heavy (non-hydrogen) atoms. The van der Waals surface area contributed by atoms with Gasteiger partial charge in [-0.05, 0) is 37.8 Å². The van der Waals surface area contributed by atoms with Crippen molar-refractivity contribution in [2.24, 2.45) is 5.92 Å². The first-order valence-corrected chi connectivity index (χ1v) is 6.68. The molecule has 2 atom stereocenters. The van der Waals surface area contributed by atoms with E-state index in [0.29, 0.717) is 12.5 Å². The van der Waals surface area contributed by atoms with Gasteiger partial charge in [-0.15, -0.1) is 0 Å². The molecular formula is C15H21F2N. The topological polar surface area (TPSA) is 12.0 Å². The Morgan fingerprint density at radius 1 is 1.33 bits per heavy atom. The second-order valence-corrected chi connectivity index (χ2v) is 5.38. The van der Waals surface area contributed by atoms with Gasteiger partial charge in [0.1, 0.15) is 0 Å². The van der Waals surface area contributed by atoms with Gasteiger partial charge in [-0.1, -0.05) is 30.3 Å². The van der Waals surface area contributed by atoms with E-state index in [2.05, 4.69) is 17.4 Å². The Kier molecular flexibility index (Phi) is 4.33. The molecule has 0 heterocycles. The van der Waals surface area contributed by atoms with Crippen molar-refractivity contribution in [1.82, 2.24) is 5.32 Å². The van der Waals surface area contributed by atoms with Crippen molar-refractivity contribution in [2.75, 3.05) is 7.05 Å². The Bertz CT molecular complexity index is 364. The van der Waals surface area contributed by atoms with Gasteiger partial charge < -0.3 is 5.32 Å². The molecule has 0 amide bonds. The van der Waals surface area contributed by atoms with Crippen LogP contribution in [0.3, 0.4) is 0 Å². The minimum absolute atomic E-state index is 0.0689. The highest BCUT2D eigenvalue weighted by Gasteiger charge is 2.39. The van der Waals surface area contributed by atoms with Crippen molar-refractivity contribution in [2.45, 2.75) is 44.1 Å². The lowest BCUT2D eigenvalue weighted by Gasteiger charge is -2.20. The lowest BCUT2D eigenvalue weighted by atomic mass is 9.94. The molecule has 3 heteroatoms. The number of nitrogens with one attached hydrogen (secondary N) is 1. The SMILES string of the molecule is CNC(Cc1ccccc1)CC1CCC(F)(F)C1. The van der Waals surface area contributed by atoms with Crippen LogP contribution in [-0.4, -0.2) is 19.0 Å². The zero-order valence-electron chi connectivity index (χ0n) is 10.8. The maximum atomic E-state index is 13.2. The molecule has 1 nitrogen and oxygen atoms in total. The Balaban J connectivity index is 1.87. The van der Waals surface area contributed by atoms with Gasteiger partial charge in [0.2, 0.25) is 5.92 Å². The smallest absolute Gasteiger partial charge is 0.248 e. The van der Waals surface area contributed by atoms with E-state index in [1.54, 1.807) is 0 Å². The van der Waals surface area contributed by atoms with Gasteiger partial charge in [-0.3, -0.25) is 0 Å². The lowest BCUT2D eigenvalue weighted by molar-refractivity contribution is 0.00436. The summed E-state index contributed by atoms with van der Waals surface area (Å²) in [5.74, 6) is -2.25. The van der Waals surface area contributed by atoms with Crippen LogP contribution >= 0.6 is 0 Å². The third kappa shape index (κ3) is 3.77. The number of hydrogen-bond acceptors (Lipinski definition) is 1. The molecule has 2 rings (SSSR count). The van der Waals surface area contributed by atoms with Gasteiger partial charge in [-0.2, -0.15) is 0 Å². The van der Waals surface area contributed by atoms with E-state index in [4.69, 9.17) is 0 Å². The zero-order chi connectivity index (χ0) is 13.0. The van der Waals surface area contributed by atoms with E-state index < -0.39 is 5.92 Å². The Labute approximate surface area is 108 Å². The monoisotopic (exact) mass is 253 g/mol. The van der Waals surface area contributed by atoms with Gasteiger partial charge in [0.25, 0.3) is 0 Å². The van der Waals surface area contributed by atoms with Crippen LogP contribution in [0.15, 0.2) is 30.3 Å². The summed E-state index contributed by atoms with van der Waals surface area (Å²) in [6.07, 6.45) is 2.57. The fraction of sp³-hybridized carbons (Fsp3) is 0.600. The first-order valence-electron chi connectivity index (χ1n) is 6.68. The first-order chi connectivity index (χ1) is 8.59. The number of rotatable bonds is 5. The Morgan fingerprint density at radius 3 is 2.61 bits per heavy atom. The average molecular weight is 253 g/mol. The summed E-state index contributed by atoms with van der Waals surface area (Å²) in [6, 6.07) is 10.5. The molecule has 0 saturated heterocycles. The molecule has 0 aliphatic heterocycles. The van der Waals surface area contributed by atoms with Crippen molar-refractivity contribution >= 4 is 0 Å². The predicted octanol–water partition coefficient (Wildman–Crippen LogP) is 3.64. The third-order valence-corrected chi connectivity index (χ3v) is 3.86. The number of alkyl halides is 2. The van der Waals surface area contributed by atoms with Crippen molar-refractivity contribution in [3.8, 4) is 0 Å². The van der Waals surface area contributed by atoms with Gasteiger partial charge in [0, 0.05) is 18.9 Å². The second-order valence-electron chi connectivity index (χ2n) is 5.38. The Morgan fingerprint density at radius 2 is 2.06 bits per heavy atom. The number of halogens is 2. The fourth-order valence-corrected chi connectivity index (χ4v) is 2.85. The molecule has 1 aliphatic carbocycles. The summed E-state index contributed by atoms with van der Waals surface area (Å²) in [5, 5.41) is 3.26. The zero-order valence-corrected chi connectivity index (χ0v) is 10.8. The van der Waals surface area contributed by atoms with E-state index >= 15 is 0 Å². The van der Waals surface area contributed by atoms with E-state index in [0.717, 1.165) is 12.8 Å². The fourth-order valence-electron chi connectivity index (χ4n) is 2.85. The standard InChI is InChI=1S/C15H21F2N/c1-18-14(9-12-5-3-2-4-6-12)10-13-7-8-15(16,17)11-13/h2-6,13-14,18H,7-11H2,1H3. The van der Waals surface area contributed by atoms with Gasteiger partial charge >= 0.3 is 0 Å². The summed E-state index contributed by atoms with van der Waals surface area (Å²) in [7, 11) is 1.92. The largest absolute Gasteiger partial charge is 0.317 e. The summed E-state index contributed by atoms with van der Waals surface area (Å²) < 4.78 is 26.3. The quantitative estimate of drug-likeness (QED) is 0.844. The maximum Gasteiger partial charge on any atom is 0.248 e. The minimum Gasteiger partial charge on any atom is -0.317 e. The van der Waals surface area contributed by atoms with Crippen LogP contribution in [0.1, 0.15) is 31.2 Å². The molecule has 0 bridgehead atoms. The van der Waals surface area contributed by atoms with Crippen LogP contribution in [0.2, 0.25) is 0 Å². The van der Waals surface area contributed by atoms with Crippen LogP contribution in [0.4, 0.5) is 8.78 Å². The van der Waals surface area contributed by atoms with Crippen molar-refractivity contribution in [1.29, 1.82) is 0 Å². The highest BCUT2D eigenvalue weighted by molar-refractivity contribution is 5.15. The van der Waals surface area contributed by atoms with Gasteiger partial charge in [0.15, 0.2) is 0 Å². The summed E-state index contributed by atoms with van der Waals surface area (Å²) >= 11 is 0. The van der Waals surface area contributed by atoms with Crippen LogP contribution in [0.25, 0.3) is 0 Å².